The molecule has 1 aliphatic heterocycles. The second-order valence-electron chi connectivity index (χ2n) is 8.45. The molecule has 5 rings (SSSR count). The van der Waals surface area contributed by atoms with Gasteiger partial charge in [0.1, 0.15) is 11.5 Å². The number of nitrogens with zero attached hydrogens (tertiary/aromatic N) is 4. The third kappa shape index (κ3) is 3.63. The minimum absolute atomic E-state index is 0.0941. The molecule has 158 valence electrons. The molecule has 0 saturated carbocycles. The summed E-state index contributed by atoms with van der Waals surface area (Å²) >= 11 is 0. The molecule has 3 heterocycles. The molecule has 0 radical (unpaired) electrons. The average molecular weight is 415 g/mol. The lowest BCUT2D eigenvalue weighted by molar-refractivity contribution is -0.130. The maximum absolute atomic E-state index is 13.0. The summed E-state index contributed by atoms with van der Waals surface area (Å²) < 4.78 is 5.51. The highest BCUT2D eigenvalue weighted by Crippen LogP contribution is 2.26. The van der Waals surface area contributed by atoms with Gasteiger partial charge in [0.2, 0.25) is 5.91 Å². The number of amides is 1. The molecule has 6 heteroatoms. The molecular formula is C25H26N4O2. The first-order valence-corrected chi connectivity index (χ1v) is 10.7. The van der Waals surface area contributed by atoms with E-state index in [0.717, 1.165) is 52.2 Å². The molecule has 1 saturated heterocycles. The van der Waals surface area contributed by atoms with E-state index in [2.05, 4.69) is 41.2 Å². The molecule has 2 aromatic carbocycles. The van der Waals surface area contributed by atoms with Gasteiger partial charge in [0.15, 0.2) is 5.58 Å². The number of pyridine rings is 1. The van der Waals surface area contributed by atoms with Crippen LogP contribution in [-0.4, -0.2) is 47.1 Å². The van der Waals surface area contributed by atoms with Crippen LogP contribution in [-0.2, 0) is 11.2 Å². The van der Waals surface area contributed by atoms with Gasteiger partial charge in [-0.2, -0.15) is 0 Å². The highest BCUT2D eigenvalue weighted by atomic mass is 16.5. The Labute approximate surface area is 181 Å². The highest BCUT2D eigenvalue weighted by molar-refractivity contribution is 5.88. The predicted molar refractivity (Wildman–Crippen MR) is 122 cm³/mol. The molecule has 1 amide bonds. The van der Waals surface area contributed by atoms with Crippen LogP contribution >= 0.6 is 0 Å². The third-order valence-electron chi connectivity index (χ3n) is 6.16. The molecule has 31 heavy (non-hydrogen) atoms. The summed E-state index contributed by atoms with van der Waals surface area (Å²) in [6.45, 7) is 9.09. The summed E-state index contributed by atoms with van der Waals surface area (Å²) in [5.74, 6) is 1.08. The van der Waals surface area contributed by atoms with E-state index in [1.807, 2.05) is 36.9 Å². The van der Waals surface area contributed by atoms with Crippen LogP contribution in [0.25, 0.3) is 21.9 Å². The van der Waals surface area contributed by atoms with Crippen LogP contribution in [0.5, 0.6) is 0 Å². The van der Waals surface area contributed by atoms with Crippen LogP contribution < -0.4 is 4.90 Å². The summed E-state index contributed by atoms with van der Waals surface area (Å²) in [4.78, 5) is 22.0. The summed E-state index contributed by atoms with van der Waals surface area (Å²) in [6.07, 6.45) is 0.267. The number of carbonyl (C=O) groups excluding carboxylic acids is 1. The van der Waals surface area contributed by atoms with Crippen LogP contribution in [0.15, 0.2) is 47.0 Å². The van der Waals surface area contributed by atoms with E-state index in [9.17, 15) is 4.79 Å². The van der Waals surface area contributed by atoms with E-state index in [-0.39, 0.29) is 12.3 Å². The quantitative estimate of drug-likeness (QED) is 0.503. The summed E-state index contributed by atoms with van der Waals surface area (Å²) in [7, 11) is 0. The Kier molecular flexibility index (Phi) is 4.85. The standard InChI is InChI=1S/C25H26N4O2/c1-16-12-18(3)25-20(13-16)22(27-31-25)15-24(30)29-10-8-28(9-11-29)23-14-17(2)19-6-4-5-7-21(19)26-23/h4-7,12-14H,8-11,15H2,1-3H3. The number of hydrogen-bond donors (Lipinski definition) is 0. The second kappa shape index (κ2) is 7.69. The molecule has 0 bridgehead atoms. The number of benzene rings is 2. The Bertz CT molecular complexity index is 1290. The van der Waals surface area contributed by atoms with Crippen LogP contribution in [0.2, 0.25) is 0 Å². The Morgan fingerprint density at radius 3 is 2.55 bits per heavy atom. The normalized spacial score (nSPS) is 14.5. The molecular weight excluding hydrogens is 388 g/mol. The van der Waals surface area contributed by atoms with Gasteiger partial charge in [-0.1, -0.05) is 29.4 Å². The lowest BCUT2D eigenvalue weighted by atomic mass is 10.1. The maximum atomic E-state index is 13.0. The van der Waals surface area contributed by atoms with Crippen molar-refractivity contribution in [2.45, 2.75) is 27.2 Å². The molecule has 6 nitrogen and oxygen atoms in total. The number of aromatic nitrogens is 2. The first-order valence-electron chi connectivity index (χ1n) is 10.7. The van der Waals surface area contributed by atoms with Gasteiger partial charge < -0.3 is 14.3 Å². The van der Waals surface area contributed by atoms with E-state index in [1.165, 1.54) is 10.9 Å². The number of para-hydroxylation sites is 1. The molecule has 0 unspecified atom stereocenters. The van der Waals surface area contributed by atoms with Crippen LogP contribution in [0, 0.1) is 20.8 Å². The van der Waals surface area contributed by atoms with E-state index in [0.29, 0.717) is 13.1 Å². The number of carbonyl (C=O) groups is 1. The maximum Gasteiger partial charge on any atom is 0.228 e. The molecule has 0 aliphatic carbocycles. The Hall–Kier alpha value is -3.41. The van der Waals surface area contributed by atoms with Crippen molar-refractivity contribution in [3.8, 4) is 0 Å². The van der Waals surface area contributed by atoms with Crippen molar-refractivity contribution in [3.05, 3.63) is 64.8 Å². The molecule has 0 N–H and O–H groups in total. The molecule has 1 fully saturated rings. The van der Waals surface area contributed by atoms with Crippen molar-refractivity contribution < 1.29 is 9.32 Å². The van der Waals surface area contributed by atoms with Crippen molar-refractivity contribution >= 4 is 33.6 Å². The SMILES string of the molecule is Cc1cc(C)c2onc(CC(=O)N3CCN(c4cc(C)c5ccccc5n4)CC3)c2c1. The zero-order chi connectivity index (χ0) is 21.5. The zero-order valence-electron chi connectivity index (χ0n) is 18.2. The van der Waals surface area contributed by atoms with Crippen molar-refractivity contribution in [1.82, 2.24) is 15.0 Å². The average Bonchev–Trinajstić information content (AvgIpc) is 3.16. The lowest BCUT2D eigenvalue weighted by Gasteiger charge is -2.35. The highest BCUT2D eigenvalue weighted by Gasteiger charge is 2.24. The van der Waals surface area contributed by atoms with Gasteiger partial charge in [-0.25, -0.2) is 4.98 Å². The van der Waals surface area contributed by atoms with Gasteiger partial charge in [-0.15, -0.1) is 0 Å². The molecule has 1 aliphatic rings. The largest absolute Gasteiger partial charge is 0.356 e. The smallest absolute Gasteiger partial charge is 0.228 e. The van der Waals surface area contributed by atoms with Gasteiger partial charge in [-0.3, -0.25) is 4.79 Å². The minimum Gasteiger partial charge on any atom is -0.356 e. The molecule has 0 spiro atoms. The van der Waals surface area contributed by atoms with Gasteiger partial charge in [-0.05, 0) is 55.7 Å². The topological polar surface area (TPSA) is 62.5 Å². The van der Waals surface area contributed by atoms with Gasteiger partial charge in [0.05, 0.1) is 11.9 Å². The number of piperazine rings is 1. The number of rotatable bonds is 3. The number of anilines is 1. The summed E-state index contributed by atoms with van der Waals surface area (Å²) in [5, 5.41) is 6.32. The Morgan fingerprint density at radius 2 is 1.74 bits per heavy atom. The Balaban J connectivity index is 1.28. The van der Waals surface area contributed by atoms with E-state index >= 15 is 0 Å². The van der Waals surface area contributed by atoms with Crippen LogP contribution in [0.3, 0.4) is 0 Å². The first-order chi connectivity index (χ1) is 15.0. The van der Waals surface area contributed by atoms with E-state index in [4.69, 9.17) is 9.51 Å². The molecule has 4 aromatic rings. The Morgan fingerprint density at radius 1 is 0.968 bits per heavy atom. The number of fused-ring (bicyclic) bond motifs is 2. The van der Waals surface area contributed by atoms with E-state index in [1.54, 1.807) is 0 Å². The molecule has 2 aromatic heterocycles. The van der Waals surface area contributed by atoms with E-state index < -0.39 is 0 Å². The van der Waals surface area contributed by atoms with Crippen molar-refractivity contribution in [1.29, 1.82) is 0 Å². The van der Waals surface area contributed by atoms with Crippen molar-refractivity contribution in [3.63, 3.8) is 0 Å². The van der Waals surface area contributed by atoms with Gasteiger partial charge in [0, 0.05) is 37.0 Å². The van der Waals surface area contributed by atoms with Crippen LogP contribution in [0.1, 0.15) is 22.4 Å². The minimum atomic E-state index is 0.0941. The van der Waals surface area contributed by atoms with Gasteiger partial charge >= 0.3 is 0 Å². The first kappa shape index (κ1) is 19.5. The van der Waals surface area contributed by atoms with Crippen molar-refractivity contribution in [2.75, 3.05) is 31.1 Å². The van der Waals surface area contributed by atoms with Crippen molar-refractivity contribution in [2.24, 2.45) is 0 Å². The van der Waals surface area contributed by atoms with Crippen LogP contribution in [0.4, 0.5) is 5.82 Å². The number of hydrogen-bond acceptors (Lipinski definition) is 5. The third-order valence-corrected chi connectivity index (χ3v) is 6.16. The summed E-state index contributed by atoms with van der Waals surface area (Å²) in [5.41, 5.74) is 5.93. The fourth-order valence-electron chi connectivity index (χ4n) is 4.50. The fourth-order valence-corrected chi connectivity index (χ4v) is 4.50. The zero-order valence-corrected chi connectivity index (χ0v) is 18.2. The number of aryl methyl sites for hydroxylation is 3. The van der Waals surface area contributed by atoms with Gasteiger partial charge in [0.25, 0.3) is 0 Å². The fraction of sp³-hybridized carbons (Fsp3) is 0.320. The second-order valence-corrected chi connectivity index (χ2v) is 8.45. The summed E-state index contributed by atoms with van der Waals surface area (Å²) in [6, 6.07) is 14.5. The molecule has 0 atom stereocenters. The predicted octanol–water partition coefficient (Wildman–Crippen LogP) is 4.19. The monoisotopic (exact) mass is 414 g/mol. The lowest BCUT2D eigenvalue weighted by Crippen LogP contribution is -2.49.